The molecule has 4 aromatic heterocycles. The summed E-state index contributed by atoms with van der Waals surface area (Å²) in [6.07, 6.45) is 6.54. The molecule has 228 valence electrons. The van der Waals surface area contributed by atoms with Gasteiger partial charge >= 0.3 is 42.1 Å². The fourth-order valence-electron chi connectivity index (χ4n) is 3.10. The first-order valence-electron chi connectivity index (χ1n) is 12.4. The average molecular weight is 955 g/mol. The zero-order chi connectivity index (χ0) is 30.2. The first-order valence-corrected chi connectivity index (χ1v) is 12.4. The number of nitrogens with zero attached hydrogens (tertiary/aromatic N) is 4. The number of rotatable bonds is 2. The minimum absolute atomic E-state index is 0. The van der Waals surface area contributed by atoms with Crippen molar-refractivity contribution in [1.82, 2.24) is 19.9 Å². The van der Waals surface area contributed by atoms with E-state index < -0.39 is 23.3 Å². The number of pyridine rings is 4. The standard InChI is InChI=1S/2C11H6F2N.2C6H6N.2Pt/c2*12-8-4-5-9(10(13)7-8)11-3-1-2-6-14-11;2*1-6-4-2-3-5-7-6;;/h2*1-4,6-7H;2*2-5H,1H2;;/q4*-1;2*+2. The summed E-state index contributed by atoms with van der Waals surface area (Å²) in [5.74, 6) is -2.57. The van der Waals surface area contributed by atoms with E-state index in [1.807, 2.05) is 36.4 Å². The van der Waals surface area contributed by atoms with Crippen LogP contribution in [-0.2, 0) is 42.1 Å². The fraction of sp³-hybridized carbons (Fsp3) is 0. The number of hydrogen-bond acceptors (Lipinski definition) is 4. The van der Waals surface area contributed by atoms with E-state index in [2.05, 4.69) is 45.9 Å². The third kappa shape index (κ3) is 13.5. The molecule has 0 bridgehead atoms. The van der Waals surface area contributed by atoms with E-state index in [-0.39, 0.29) is 53.3 Å². The van der Waals surface area contributed by atoms with Gasteiger partial charge in [-0.15, -0.1) is 47.8 Å². The van der Waals surface area contributed by atoms with Crippen molar-refractivity contribution in [2.45, 2.75) is 0 Å². The van der Waals surface area contributed by atoms with Gasteiger partial charge in [0.2, 0.25) is 0 Å². The van der Waals surface area contributed by atoms with Crippen LogP contribution in [0.5, 0.6) is 0 Å². The van der Waals surface area contributed by atoms with Crippen LogP contribution in [0.2, 0.25) is 0 Å². The zero-order valence-corrected chi connectivity index (χ0v) is 27.4. The van der Waals surface area contributed by atoms with Crippen molar-refractivity contribution in [3.8, 4) is 22.5 Å². The van der Waals surface area contributed by atoms with Gasteiger partial charge in [0.15, 0.2) is 0 Å². The number of halogens is 4. The summed E-state index contributed by atoms with van der Waals surface area (Å²) in [6.45, 7) is 7.22. The predicted molar refractivity (Wildman–Crippen MR) is 154 cm³/mol. The summed E-state index contributed by atoms with van der Waals surface area (Å²) in [5, 5.41) is 0. The Hall–Kier alpha value is -4.12. The van der Waals surface area contributed by atoms with E-state index in [0.29, 0.717) is 11.4 Å². The Kier molecular flexibility index (Phi) is 17.9. The maximum absolute atomic E-state index is 13.2. The monoisotopic (exact) mass is 954 g/mol. The Labute approximate surface area is 283 Å². The van der Waals surface area contributed by atoms with E-state index in [9.17, 15) is 17.6 Å². The summed E-state index contributed by atoms with van der Waals surface area (Å²) < 4.78 is 51.6. The number of aromatic nitrogens is 4. The minimum atomic E-state index is -0.649. The molecule has 0 atom stereocenters. The minimum Gasteiger partial charge on any atom is -0.305 e. The second-order valence-electron chi connectivity index (χ2n) is 8.15. The zero-order valence-electron chi connectivity index (χ0n) is 22.9. The molecular weight excluding hydrogens is 931 g/mol. The SMILES string of the molecule is Fc1c[c-]c(-c2ccccn2)c(F)c1.Fc1c[c-]c(-c2ccccn2)c(F)c1.[CH2-]c1ccccn1.[CH2-]c1ccccn1.[Pt+2].[Pt+2]. The van der Waals surface area contributed by atoms with Crippen molar-refractivity contribution in [2.24, 2.45) is 0 Å². The topological polar surface area (TPSA) is 51.6 Å². The van der Waals surface area contributed by atoms with Gasteiger partial charge in [-0.25, -0.2) is 13.8 Å². The van der Waals surface area contributed by atoms with Crippen molar-refractivity contribution in [3.63, 3.8) is 0 Å². The first kappa shape index (κ1) is 37.9. The van der Waals surface area contributed by atoms with Crippen molar-refractivity contribution >= 4 is 0 Å². The van der Waals surface area contributed by atoms with Gasteiger partial charge in [0, 0.05) is 48.1 Å². The van der Waals surface area contributed by atoms with Crippen LogP contribution in [0.25, 0.3) is 22.5 Å². The smallest absolute Gasteiger partial charge is 0.305 e. The van der Waals surface area contributed by atoms with Gasteiger partial charge in [0.1, 0.15) is 0 Å². The summed E-state index contributed by atoms with van der Waals surface area (Å²) in [7, 11) is 0. The molecular formula is C34H24F4N4Pt2. The van der Waals surface area contributed by atoms with Crippen LogP contribution < -0.4 is 0 Å². The molecule has 0 aliphatic rings. The molecule has 4 nitrogen and oxygen atoms in total. The fourth-order valence-corrected chi connectivity index (χ4v) is 3.10. The molecule has 0 spiro atoms. The predicted octanol–water partition coefficient (Wildman–Crippen LogP) is 8.18. The van der Waals surface area contributed by atoms with Crippen molar-refractivity contribution < 1.29 is 59.7 Å². The summed E-state index contributed by atoms with van der Waals surface area (Å²) in [5.41, 5.74) is 2.92. The van der Waals surface area contributed by atoms with Crippen molar-refractivity contribution in [1.29, 1.82) is 0 Å². The van der Waals surface area contributed by atoms with Crippen LogP contribution in [0.3, 0.4) is 0 Å². The van der Waals surface area contributed by atoms with Gasteiger partial charge in [0.25, 0.3) is 0 Å². The molecule has 0 saturated carbocycles. The maximum Gasteiger partial charge on any atom is 2.00 e. The normalized spacial score (nSPS) is 9.18. The van der Waals surface area contributed by atoms with E-state index in [1.54, 1.807) is 61.2 Å². The van der Waals surface area contributed by atoms with Crippen LogP contribution in [0, 0.1) is 49.2 Å². The molecule has 2 aromatic carbocycles. The molecule has 6 aromatic rings. The van der Waals surface area contributed by atoms with E-state index in [0.717, 1.165) is 35.7 Å². The molecule has 6 rings (SSSR count). The second-order valence-corrected chi connectivity index (χ2v) is 8.15. The molecule has 0 amide bonds. The van der Waals surface area contributed by atoms with Crippen molar-refractivity contribution in [2.75, 3.05) is 0 Å². The molecule has 0 saturated heterocycles. The van der Waals surface area contributed by atoms with Crippen LogP contribution in [0.15, 0.2) is 122 Å². The molecule has 0 aliphatic heterocycles. The molecule has 44 heavy (non-hydrogen) atoms. The van der Waals surface area contributed by atoms with Crippen LogP contribution >= 0.6 is 0 Å². The molecule has 0 radical (unpaired) electrons. The quantitative estimate of drug-likeness (QED) is 0.130. The second kappa shape index (κ2) is 20.7. The number of hydrogen-bond donors (Lipinski definition) is 0. The van der Waals surface area contributed by atoms with E-state index in [4.69, 9.17) is 0 Å². The van der Waals surface area contributed by atoms with Crippen molar-refractivity contribution in [3.05, 3.63) is 182 Å². The molecule has 4 heterocycles. The third-order valence-electron chi connectivity index (χ3n) is 5.01. The van der Waals surface area contributed by atoms with Crippen LogP contribution in [0.4, 0.5) is 17.6 Å². The van der Waals surface area contributed by atoms with Crippen LogP contribution in [-0.4, -0.2) is 19.9 Å². The largest absolute Gasteiger partial charge is 2.00 e. The molecule has 10 heteroatoms. The molecule has 0 aliphatic carbocycles. The third-order valence-corrected chi connectivity index (χ3v) is 5.01. The van der Waals surface area contributed by atoms with Gasteiger partial charge in [-0.1, -0.05) is 59.7 Å². The van der Waals surface area contributed by atoms with E-state index >= 15 is 0 Å². The first-order chi connectivity index (χ1) is 20.3. The summed E-state index contributed by atoms with van der Waals surface area (Å²) >= 11 is 0. The summed E-state index contributed by atoms with van der Waals surface area (Å²) in [4.78, 5) is 15.6. The van der Waals surface area contributed by atoms with Gasteiger partial charge in [-0.3, -0.25) is 27.5 Å². The van der Waals surface area contributed by atoms with Crippen LogP contribution in [0.1, 0.15) is 11.4 Å². The van der Waals surface area contributed by atoms with Gasteiger partial charge < -0.3 is 9.97 Å². The Morgan fingerprint density at radius 1 is 0.477 bits per heavy atom. The maximum atomic E-state index is 13.2. The van der Waals surface area contributed by atoms with Gasteiger partial charge in [-0.2, -0.15) is 12.1 Å². The Bertz CT molecular complexity index is 1510. The van der Waals surface area contributed by atoms with E-state index in [1.165, 1.54) is 0 Å². The number of benzene rings is 2. The Balaban J connectivity index is 0.000000303. The summed E-state index contributed by atoms with van der Waals surface area (Å²) in [6, 6.07) is 30.3. The van der Waals surface area contributed by atoms with Gasteiger partial charge in [-0.05, 0) is 23.5 Å². The average Bonchev–Trinajstić information content (AvgIpc) is 3.00. The van der Waals surface area contributed by atoms with Gasteiger partial charge in [0.05, 0.1) is 0 Å². The molecule has 0 unspecified atom stereocenters. The Morgan fingerprint density at radius 2 is 0.818 bits per heavy atom. The molecule has 0 fully saturated rings. The Morgan fingerprint density at radius 3 is 1.05 bits per heavy atom. The molecule has 0 N–H and O–H groups in total.